The van der Waals surface area contributed by atoms with E-state index in [1.165, 1.54) is 18.7 Å². The lowest BCUT2D eigenvalue weighted by molar-refractivity contribution is 0.403. The summed E-state index contributed by atoms with van der Waals surface area (Å²) in [5.74, 6) is 2.88. The number of hydrogen-bond acceptors (Lipinski definition) is 4. The summed E-state index contributed by atoms with van der Waals surface area (Å²) in [5, 5.41) is 12.1. The van der Waals surface area contributed by atoms with Gasteiger partial charge in [0.15, 0.2) is 0 Å². The molecule has 0 spiro atoms. The zero-order chi connectivity index (χ0) is 11.0. The SMILES string of the molecule is NC1CCn2c(nnc2C2CCNCC2)C1. The Morgan fingerprint density at radius 3 is 2.81 bits per heavy atom. The normalized spacial score (nSPS) is 26.7. The molecule has 0 aliphatic carbocycles. The van der Waals surface area contributed by atoms with E-state index in [1.54, 1.807) is 0 Å². The van der Waals surface area contributed by atoms with Crippen LogP contribution in [0.4, 0.5) is 0 Å². The molecule has 2 aliphatic rings. The van der Waals surface area contributed by atoms with Crippen LogP contribution in [-0.2, 0) is 13.0 Å². The Kier molecular flexibility index (Phi) is 2.65. The first-order valence-corrected chi connectivity index (χ1v) is 6.23. The molecule has 0 radical (unpaired) electrons. The van der Waals surface area contributed by atoms with Crippen LogP contribution in [0.3, 0.4) is 0 Å². The number of rotatable bonds is 1. The van der Waals surface area contributed by atoms with Crippen LogP contribution in [0.5, 0.6) is 0 Å². The summed E-state index contributed by atoms with van der Waals surface area (Å²) in [6.45, 7) is 3.21. The van der Waals surface area contributed by atoms with E-state index in [0.717, 1.165) is 38.3 Å². The van der Waals surface area contributed by atoms with Crippen molar-refractivity contribution in [3.05, 3.63) is 11.6 Å². The molecule has 1 aromatic rings. The standard InChI is InChI=1S/C11H19N5/c12-9-3-6-16-10(7-9)14-15-11(16)8-1-4-13-5-2-8/h8-9,13H,1-7,12H2. The highest BCUT2D eigenvalue weighted by Gasteiger charge is 2.26. The van der Waals surface area contributed by atoms with Gasteiger partial charge in [0, 0.05) is 24.9 Å². The van der Waals surface area contributed by atoms with Crippen molar-refractivity contribution in [2.45, 2.75) is 44.2 Å². The van der Waals surface area contributed by atoms with Gasteiger partial charge in [0.05, 0.1) is 0 Å². The van der Waals surface area contributed by atoms with Crippen molar-refractivity contribution in [2.24, 2.45) is 5.73 Å². The molecule has 5 heteroatoms. The van der Waals surface area contributed by atoms with Crippen molar-refractivity contribution in [3.8, 4) is 0 Å². The van der Waals surface area contributed by atoms with Gasteiger partial charge in [0.2, 0.25) is 0 Å². The average molecular weight is 221 g/mol. The molecule has 3 N–H and O–H groups in total. The van der Waals surface area contributed by atoms with Crippen molar-refractivity contribution >= 4 is 0 Å². The van der Waals surface area contributed by atoms with Crippen LogP contribution in [0.25, 0.3) is 0 Å². The number of piperidine rings is 1. The summed E-state index contributed by atoms with van der Waals surface area (Å²) < 4.78 is 2.30. The van der Waals surface area contributed by atoms with Gasteiger partial charge in [-0.3, -0.25) is 0 Å². The molecule has 5 nitrogen and oxygen atoms in total. The minimum atomic E-state index is 0.276. The smallest absolute Gasteiger partial charge is 0.136 e. The number of nitrogens with zero attached hydrogens (tertiary/aromatic N) is 3. The zero-order valence-electron chi connectivity index (χ0n) is 9.52. The van der Waals surface area contributed by atoms with Gasteiger partial charge in [0.25, 0.3) is 0 Å². The molecule has 1 saturated heterocycles. The molecule has 1 fully saturated rings. The van der Waals surface area contributed by atoms with Crippen LogP contribution in [0.15, 0.2) is 0 Å². The molecule has 3 heterocycles. The Hall–Kier alpha value is -0.940. The van der Waals surface area contributed by atoms with Crippen LogP contribution < -0.4 is 11.1 Å². The first kappa shape index (κ1) is 10.2. The minimum absolute atomic E-state index is 0.276. The van der Waals surface area contributed by atoms with E-state index in [0.29, 0.717) is 5.92 Å². The maximum absolute atomic E-state index is 5.95. The maximum atomic E-state index is 5.95. The van der Waals surface area contributed by atoms with E-state index < -0.39 is 0 Å². The zero-order valence-corrected chi connectivity index (χ0v) is 9.52. The Balaban J connectivity index is 1.85. The molecule has 2 aliphatic heterocycles. The lowest BCUT2D eigenvalue weighted by Gasteiger charge is -2.25. The second-order valence-electron chi connectivity index (χ2n) is 4.90. The lowest BCUT2D eigenvalue weighted by Crippen LogP contribution is -2.33. The fourth-order valence-electron chi connectivity index (χ4n) is 2.76. The molecule has 16 heavy (non-hydrogen) atoms. The van der Waals surface area contributed by atoms with E-state index in [1.807, 2.05) is 0 Å². The third-order valence-corrected chi connectivity index (χ3v) is 3.73. The van der Waals surface area contributed by atoms with Gasteiger partial charge in [-0.15, -0.1) is 10.2 Å². The third kappa shape index (κ3) is 1.74. The molecule has 1 aromatic heterocycles. The van der Waals surface area contributed by atoms with Crippen LogP contribution in [-0.4, -0.2) is 33.9 Å². The molecule has 3 rings (SSSR count). The first-order chi connectivity index (χ1) is 7.84. The first-order valence-electron chi connectivity index (χ1n) is 6.23. The van der Waals surface area contributed by atoms with Crippen molar-refractivity contribution in [1.82, 2.24) is 20.1 Å². The van der Waals surface area contributed by atoms with Gasteiger partial charge < -0.3 is 15.6 Å². The number of aromatic nitrogens is 3. The van der Waals surface area contributed by atoms with Gasteiger partial charge in [-0.25, -0.2) is 0 Å². The molecule has 0 saturated carbocycles. The van der Waals surface area contributed by atoms with Crippen LogP contribution in [0.1, 0.15) is 36.8 Å². The van der Waals surface area contributed by atoms with Crippen LogP contribution in [0.2, 0.25) is 0 Å². The fraction of sp³-hybridized carbons (Fsp3) is 0.818. The van der Waals surface area contributed by atoms with Crippen molar-refractivity contribution in [3.63, 3.8) is 0 Å². The van der Waals surface area contributed by atoms with E-state index in [2.05, 4.69) is 20.1 Å². The quantitative estimate of drug-likeness (QED) is 0.701. The molecule has 0 bridgehead atoms. The van der Waals surface area contributed by atoms with Gasteiger partial charge in [-0.2, -0.15) is 0 Å². The van der Waals surface area contributed by atoms with Crippen LogP contribution >= 0.6 is 0 Å². The van der Waals surface area contributed by atoms with Crippen molar-refractivity contribution in [2.75, 3.05) is 13.1 Å². The van der Waals surface area contributed by atoms with E-state index in [-0.39, 0.29) is 6.04 Å². The predicted molar refractivity (Wildman–Crippen MR) is 61.2 cm³/mol. The highest BCUT2D eigenvalue weighted by atomic mass is 15.3. The third-order valence-electron chi connectivity index (χ3n) is 3.73. The largest absolute Gasteiger partial charge is 0.327 e. The van der Waals surface area contributed by atoms with E-state index >= 15 is 0 Å². The summed E-state index contributed by atoms with van der Waals surface area (Å²) in [6, 6.07) is 0.276. The number of hydrogen-bond donors (Lipinski definition) is 2. The monoisotopic (exact) mass is 221 g/mol. The molecule has 1 unspecified atom stereocenters. The summed E-state index contributed by atoms with van der Waals surface area (Å²) >= 11 is 0. The van der Waals surface area contributed by atoms with Crippen LogP contribution in [0, 0.1) is 0 Å². The van der Waals surface area contributed by atoms with Gasteiger partial charge in [-0.05, 0) is 32.4 Å². The Labute approximate surface area is 95.4 Å². The summed E-state index contributed by atoms with van der Waals surface area (Å²) in [4.78, 5) is 0. The van der Waals surface area contributed by atoms with Crippen molar-refractivity contribution in [1.29, 1.82) is 0 Å². The minimum Gasteiger partial charge on any atom is -0.327 e. The van der Waals surface area contributed by atoms with Gasteiger partial charge in [-0.1, -0.05) is 0 Å². The predicted octanol–water partition coefficient (Wildman–Crippen LogP) is 0.0186. The maximum Gasteiger partial charge on any atom is 0.136 e. The molecule has 1 atom stereocenters. The fourth-order valence-corrected chi connectivity index (χ4v) is 2.76. The molecule has 0 aromatic carbocycles. The van der Waals surface area contributed by atoms with E-state index in [9.17, 15) is 0 Å². The molecule has 88 valence electrons. The molecular formula is C11H19N5. The topological polar surface area (TPSA) is 68.8 Å². The molecule has 0 amide bonds. The highest BCUT2D eigenvalue weighted by molar-refractivity contribution is 5.07. The summed E-state index contributed by atoms with van der Waals surface area (Å²) in [7, 11) is 0. The summed E-state index contributed by atoms with van der Waals surface area (Å²) in [6.07, 6.45) is 4.31. The molecular weight excluding hydrogens is 202 g/mol. The Bertz CT molecular complexity index is 366. The summed E-state index contributed by atoms with van der Waals surface area (Å²) in [5.41, 5.74) is 5.95. The lowest BCUT2D eigenvalue weighted by atomic mass is 9.96. The van der Waals surface area contributed by atoms with Crippen molar-refractivity contribution < 1.29 is 0 Å². The van der Waals surface area contributed by atoms with E-state index in [4.69, 9.17) is 5.73 Å². The Morgan fingerprint density at radius 1 is 1.19 bits per heavy atom. The average Bonchev–Trinajstić information content (AvgIpc) is 2.73. The highest BCUT2D eigenvalue weighted by Crippen LogP contribution is 2.26. The van der Waals surface area contributed by atoms with Gasteiger partial charge >= 0.3 is 0 Å². The number of nitrogens with two attached hydrogens (primary N) is 1. The Morgan fingerprint density at radius 2 is 2.00 bits per heavy atom. The second-order valence-corrected chi connectivity index (χ2v) is 4.90. The van der Waals surface area contributed by atoms with Gasteiger partial charge in [0.1, 0.15) is 11.6 Å². The second kappa shape index (κ2) is 4.14. The number of nitrogens with one attached hydrogen (secondary N) is 1. The number of fused-ring (bicyclic) bond motifs is 1.